The van der Waals surface area contributed by atoms with Crippen molar-refractivity contribution in [3.05, 3.63) is 69.8 Å². The quantitative estimate of drug-likeness (QED) is 0.711. The fourth-order valence-electron chi connectivity index (χ4n) is 2.86. The number of carbonyl (C=O) groups excluding carboxylic acids is 2. The maximum atomic E-state index is 12.9. The highest BCUT2D eigenvalue weighted by molar-refractivity contribution is 9.10. The third-order valence-corrected chi connectivity index (χ3v) is 4.59. The van der Waals surface area contributed by atoms with E-state index >= 15 is 0 Å². The maximum absolute atomic E-state index is 12.9. The predicted molar refractivity (Wildman–Crippen MR) is 103 cm³/mol. The van der Waals surface area contributed by atoms with Crippen LogP contribution in [0, 0.1) is 0 Å². The van der Waals surface area contributed by atoms with Gasteiger partial charge < -0.3 is 20.7 Å². The molecule has 6 nitrogen and oxygen atoms in total. The van der Waals surface area contributed by atoms with E-state index in [1.54, 1.807) is 32.2 Å². The molecule has 3 rings (SSSR count). The van der Waals surface area contributed by atoms with Crippen molar-refractivity contribution in [1.82, 2.24) is 10.6 Å². The first-order valence-electron chi connectivity index (χ1n) is 7.97. The molecule has 3 amide bonds. The normalized spacial score (nSPS) is 16.6. The monoisotopic (exact) mass is 415 g/mol. The van der Waals surface area contributed by atoms with Crippen molar-refractivity contribution in [1.29, 1.82) is 0 Å². The average Bonchev–Trinajstić information content (AvgIpc) is 2.62. The van der Waals surface area contributed by atoms with Gasteiger partial charge in [0.15, 0.2) is 0 Å². The Labute approximate surface area is 159 Å². The molecule has 0 bridgehead atoms. The number of carbonyl (C=O) groups is 2. The van der Waals surface area contributed by atoms with Crippen molar-refractivity contribution >= 4 is 33.6 Å². The molecule has 1 aliphatic heterocycles. The van der Waals surface area contributed by atoms with Gasteiger partial charge in [0.05, 0.1) is 18.7 Å². The first-order valence-corrected chi connectivity index (χ1v) is 8.77. The molecule has 0 aromatic heterocycles. The van der Waals surface area contributed by atoms with Crippen molar-refractivity contribution in [2.45, 2.75) is 13.0 Å². The summed E-state index contributed by atoms with van der Waals surface area (Å²) in [5.74, 6) is 0.301. The maximum Gasteiger partial charge on any atom is 0.319 e. The lowest BCUT2D eigenvalue weighted by Gasteiger charge is -2.29. The van der Waals surface area contributed by atoms with Gasteiger partial charge in [0.25, 0.3) is 5.91 Å². The molecule has 0 radical (unpaired) electrons. The lowest BCUT2D eigenvalue weighted by atomic mass is 9.94. The van der Waals surface area contributed by atoms with Crippen LogP contribution >= 0.6 is 15.9 Å². The summed E-state index contributed by atoms with van der Waals surface area (Å²) < 4.78 is 6.32. The van der Waals surface area contributed by atoms with Crippen LogP contribution in [0.4, 0.5) is 10.5 Å². The van der Waals surface area contributed by atoms with Crippen LogP contribution in [0.1, 0.15) is 18.5 Å². The highest BCUT2D eigenvalue weighted by Crippen LogP contribution is 2.33. The number of nitrogens with one attached hydrogen (secondary N) is 3. The van der Waals surface area contributed by atoms with E-state index in [9.17, 15) is 9.59 Å². The van der Waals surface area contributed by atoms with Gasteiger partial charge in [0, 0.05) is 21.4 Å². The van der Waals surface area contributed by atoms with Gasteiger partial charge in [-0.3, -0.25) is 4.79 Å². The molecule has 0 fully saturated rings. The van der Waals surface area contributed by atoms with Gasteiger partial charge in [0.1, 0.15) is 5.75 Å². The van der Waals surface area contributed by atoms with Crippen LogP contribution in [0.25, 0.3) is 0 Å². The van der Waals surface area contributed by atoms with E-state index in [1.165, 1.54) is 0 Å². The predicted octanol–water partition coefficient (Wildman–Crippen LogP) is 3.72. The smallest absolute Gasteiger partial charge is 0.319 e. The molecule has 26 heavy (non-hydrogen) atoms. The fourth-order valence-corrected chi connectivity index (χ4v) is 3.13. The molecule has 0 unspecified atom stereocenters. The van der Waals surface area contributed by atoms with Gasteiger partial charge in [-0.2, -0.15) is 0 Å². The van der Waals surface area contributed by atoms with Gasteiger partial charge in [-0.15, -0.1) is 0 Å². The third kappa shape index (κ3) is 3.72. The molecule has 2 aromatic rings. The molecule has 3 N–H and O–H groups in total. The van der Waals surface area contributed by atoms with E-state index in [0.29, 0.717) is 28.3 Å². The molecule has 1 atom stereocenters. The second-order valence-corrected chi connectivity index (χ2v) is 6.69. The Morgan fingerprint density at radius 1 is 1.15 bits per heavy atom. The molecule has 134 valence electrons. The standard InChI is InChI=1S/C19H18BrN3O3/c1-11-16(18(24)22-13-9-7-12(20)8-10-13)17(23-19(25)21-11)14-5-3-4-6-15(14)26-2/h3-10,17H,1-2H3,(H,22,24)(H2,21,23,25)/t17-/m1/s1. The van der Waals surface area contributed by atoms with Crippen molar-refractivity contribution < 1.29 is 14.3 Å². The molecular formula is C19H18BrN3O3. The molecular weight excluding hydrogens is 398 g/mol. The van der Waals surface area contributed by atoms with Crippen LogP contribution in [0.2, 0.25) is 0 Å². The first-order chi connectivity index (χ1) is 12.5. The Bertz CT molecular complexity index is 878. The largest absolute Gasteiger partial charge is 0.496 e. The van der Waals surface area contributed by atoms with E-state index in [1.807, 2.05) is 30.3 Å². The Balaban J connectivity index is 1.97. The zero-order valence-electron chi connectivity index (χ0n) is 14.3. The summed E-state index contributed by atoms with van der Waals surface area (Å²) in [5.41, 5.74) is 2.30. The van der Waals surface area contributed by atoms with Gasteiger partial charge in [0.2, 0.25) is 0 Å². The lowest BCUT2D eigenvalue weighted by molar-refractivity contribution is -0.113. The number of methoxy groups -OCH3 is 1. The van der Waals surface area contributed by atoms with Gasteiger partial charge in [-0.05, 0) is 37.3 Å². The summed E-state index contributed by atoms with van der Waals surface area (Å²) in [5, 5.41) is 8.34. The SMILES string of the molecule is COc1ccccc1[C@H]1NC(=O)NC(C)=C1C(=O)Nc1ccc(Br)cc1. The van der Waals surface area contributed by atoms with Crippen LogP contribution < -0.4 is 20.7 Å². The molecule has 0 saturated heterocycles. The number of hydrogen-bond donors (Lipinski definition) is 3. The van der Waals surface area contributed by atoms with Crippen molar-refractivity contribution in [3.8, 4) is 5.75 Å². The number of rotatable bonds is 4. The number of ether oxygens (including phenoxy) is 1. The van der Waals surface area contributed by atoms with Crippen LogP contribution in [0.15, 0.2) is 64.3 Å². The highest BCUT2D eigenvalue weighted by atomic mass is 79.9. The minimum atomic E-state index is -0.615. The van der Waals surface area contributed by atoms with E-state index in [4.69, 9.17) is 4.74 Å². The van der Waals surface area contributed by atoms with Crippen LogP contribution in [-0.4, -0.2) is 19.0 Å². The highest BCUT2D eigenvalue weighted by Gasteiger charge is 2.32. The van der Waals surface area contributed by atoms with Gasteiger partial charge in [-0.25, -0.2) is 4.79 Å². The Hall–Kier alpha value is -2.80. The van der Waals surface area contributed by atoms with Crippen molar-refractivity contribution in [2.75, 3.05) is 12.4 Å². The zero-order chi connectivity index (χ0) is 18.7. The second-order valence-electron chi connectivity index (χ2n) is 5.77. The molecule has 1 aliphatic rings. The summed E-state index contributed by atoms with van der Waals surface area (Å²) in [4.78, 5) is 24.9. The number of hydrogen-bond acceptors (Lipinski definition) is 3. The molecule has 7 heteroatoms. The van der Waals surface area contributed by atoms with Crippen molar-refractivity contribution in [3.63, 3.8) is 0 Å². The van der Waals surface area contributed by atoms with Gasteiger partial charge in [-0.1, -0.05) is 34.1 Å². The molecule has 2 aromatic carbocycles. The number of allylic oxidation sites excluding steroid dienone is 1. The lowest BCUT2D eigenvalue weighted by Crippen LogP contribution is -2.46. The minimum Gasteiger partial charge on any atom is -0.496 e. The third-order valence-electron chi connectivity index (χ3n) is 4.07. The molecule has 0 aliphatic carbocycles. The number of anilines is 1. The van der Waals surface area contributed by atoms with Crippen LogP contribution in [-0.2, 0) is 4.79 Å². The summed E-state index contributed by atoms with van der Waals surface area (Å²) in [6.07, 6.45) is 0. The first kappa shape index (κ1) is 18.0. The summed E-state index contributed by atoms with van der Waals surface area (Å²) in [6.45, 7) is 1.71. The van der Waals surface area contributed by atoms with E-state index < -0.39 is 6.04 Å². The molecule has 0 saturated carbocycles. The number of amides is 3. The molecule has 1 heterocycles. The Kier molecular flexibility index (Phi) is 5.27. The number of benzene rings is 2. The van der Waals surface area contributed by atoms with E-state index in [0.717, 1.165) is 4.47 Å². The van der Waals surface area contributed by atoms with E-state index in [-0.39, 0.29) is 11.9 Å². The Morgan fingerprint density at radius 2 is 1.85 bits per heavy atom. The number of para-hydroxylation sites is 1. The summed E-state index contributed by atoms with van der Waals surface area (Å²) >= 11 is 3.37. The summed E-state index contributed by atoms with van der Waals surface area (Å²) in [7, 11) is 1.56. The van der Waals surface area contributed by atoms with Crippen LogP contribution in [0.5, 0.6) is 5.75 Å². The fraction of sp³-hybridized carbons (Fsp3) is 0.158. The number of halogens is 1. The second kappa shape index (κ2) is 7.61. The van der Waals surface area contributed by atoms with Crippen molar-refractivity contribution in [2.24, 2.45) is 0 Å². The average molecular weight is 416 g/mol. The zero-order valence-corrected chi connectivity index (χ0v) is 15.9. The van der Waals surface area contributed by atoms with E-state index in [2.05, 4.69) is 31.9 Å². The molecule has 0 spiro atoms. The topological polar surface area (TPSA) is 79.5 Å². The number of urea groups is 1. The van der Waals surface area contributed by atoms with Gasteiger partial charge >= 0.3 is 6.03 Å². The summed E-state index contributed by atoms with van der Waals surface area (Å²) in [6, 6.07) is 13.6. The minimum absolute atomic E-state index is 0.298. The van der Waals surface area contributed by atoms with Crippen LogP contribution in [0.3, 0.4) is 0 Å². The Morgan fingerprint density at radius 3 is 2.54 bits per heavy atom.